The molecule has 0 aliphatic rings. The monoisotopic (exact) mass is 406 g/mol. The first-order chi connectivity index (χ1) is 14.2. The minimum Gasteiger partial charge on any atom is -0.0885 e. The molecule has 0 heteroatoms. The molecule has 0 nitrogen and oxygen atoms in total. The average Bonchev–Trinajstić information content (AvgIpc) is 2.71. The normalized spacial score (nSPS) is 13.0. The summed E-state index contributed by atoms with van der Waals surface area (Å²) in [7, 11) is 0. The molecule has 0 rings (SSSR count). The van der Waals surface area contributed by atoms with E-state index in [0.717, 1.165) is 11.8 Å². The van der Waals surface area contributed by atoms with Gasteiger partial charge in [-0.25, -0.2) is 0 Å². The van der Waals surface area contributed by atoms with Crippen LogP contribution in [0.3, 0.4) is 0 Å². The molecule has 0 radical (unpaired) electrons. The molecule has 0 saturated carbocycles. The van der Waals surface area contributed by atoms with Crippen molar-refractivity contribution in [3.05, 3.63) is 12.2 Å². The molecule has 29 heavy (non-hydrogen) atoms. The Labute approximate surface area is 186 Å². The molecule has 0 heterocycles. The van der Waals surface area contributed by atoms with E-state index in [1.54, 1.807) is 0 Å². The summed E-state index contributed by atoms with van der Waals surface area (Å²) in [4.78, 5) is 0. The van der Waals surface area contributed by atoms with E-state index in [4.69, 9.17) is 0 Å². The van der Waals surface area contributed by atoms with Gasteiger partial charge in [0.1, 0.15) is 0 Å². The van der Waals surface area contributed by atoms with Crippen LogP contribution in [0.1, 0.15) is 163 Å². The molecule has 0 aromatic carbocycles. The van der Waals surface area contributed by atoms with E-state index < -0.39 is 0 Å². The third-order valence-electron chi connectivity index (χ3n) is 6.71. The van der Waals surface area contributed by atoms with Gasteiger partial charge in [0.05, 0.1) is 0 Å². The Bertz CT molecular complexity index is 314. The van der Waals surface area contributed by atoms with Crippen molar-refractivity contribution >= 4 is 0 Å². The molecule has 0 amide bonds. The number of hydrogen-bond acceptors (Lipinski definition) is 0. The van der Waals surface area contributed by atoms with Crippen molar-refractivity contribution in [1.29, 1.82) is 0 Å². The van der Waals surface area contributed by atoms with Gasteiger partial charge in [-0.15, -0.1) is 0 Å². The van der Waals surface area contributed by atoms with Crippen LogP contribution < -0.4 is 0 Å². The lowest BCUT2D eigenvalue weighted by Gasteiger charge is -2.20. The zero-order chi connectivity index (χ0) is 21.4. The van der Waals surface area contributed by atoms with Crippen LogP contribution in [0.4, 0.5) is 0 Å². The molecule has 0 aromatic rings. The predicted octanol–water partition coefficient (Wildman–Crippen LogP) is 11.0. The van der Waals surface area contributed by atoms with Crippen molar-refractivity contribution in [3.63, 3.8) is 0 Å². The number of allylic oxidation sites excluding steroid dienone is 2. The second-order valence-corrected chi connectivity index (χ2v) is 9.93. The SMILES string of the molecule is CCCCCCCC=CCCCCC(CCCCCCCCCCCC)C(C)C. The van der Waals surface area contributed by atoms with Crippen molar-refractivity contribution in [2.45, 2.75) is 163 Å². The van der Waals surface area contributed by atoms with Gasteiger partial charge in [0, 0.05) is 0 Å². The van der Waals surface area contributed by atoms with Crippen LogP contribution in [-0.2, 0) is 0 Å². The van der Waals surface area contributed by atoms with E-state index in [9.17, 15) is 0 Å². The summed E-state index contributed by atoms with van der Waals surface area (Å²) in [6.45, 7) is 9.48. The zero-order valence-corrected chi connectivity index (χ0v) is 21.2. The molecular formula is C29H58. The topological polar surface area (TPSA) is 0 Å². The van der Waals surface area contributed by atoms with Gasteiger partial charge in [0.25, 0.3) is 0 Å². The van der Waals surface area contributed by atoms with Crippen LogP contribution in [0.25, 0.3) is 0 Å². The Kier molecular flexibility index (Phi) is 23.8. The molecule has 0 saturated heterocycles. The lowest BCUT2D eigenvalue weighted by Crippen LogP contribution is -2.08. The van der Waals surface area contributed by atoms with E-state index in [1.165, 1.54) is 135 Å². The first-order valence-electron chi connectivity index (χ1n) is 13.9. The van der Waals surface area contributed by atoms with Gasteiger partial charge in [-0.1, -0.05) is 149 Å². The highest BCUT2D eigenvalue weighted by Gasteiger charge is 2.12. The summed E-state index contributed by atoms with van der Waals surface area (Å²) in [6, 6.07) is 0. The quantitative estimate of drug-likeness (QED) is 0.117. The summed E-state index contributed by atoms with van der Waals surface area (Å²) in [6.07, 6.45) is 34.8. The first-order valence-corrected chi connectivity index (χ1v) is 13.9. The highest BCUT2D eigenvalue weighted by atomic mass is 14.2. The zero-order valence-electron chi connectivity index (χ0n) is 21.2. The van der Waals surface area contributed by atoms with Crippen LogP contribution in [0.5, 0.6) is 0 Å². The minimum absolute atomic E-state index is 0.868. The van der Waals surface area contributed by atoms with Crippen molar-refractivity contribution in [3.8, 4) is 0 Å². The first kappa shape index (κ1) is 28.7. The molecule has 0 bridgehead atoms. The largest absolute Gasteiger partial charge is 0.0885 e. The van der Waals surface area contributed by atoms with Crippen LogP contribution in [-0.4, -0.2) is 0 Å². The summed E-state index contributed by atoms with van der Waals surface area (Å²) >= 11 is 0. The second kappa shape index (κ2) is 24.0. The molecule has 0 N–H and O–H groups in total. The summed E-state index contributed by atoms with van der Waals surface area (Å²) in [5, 5.41) is 0. The van der Waals surface area contributed by atoms with E-state index in [2.05, 4.69) is 39.8 Å². The van der Waals surface area contributed by atoms with Crippen molar-refractivity contribution in [1.82, 2.24) is 0 Å². The molecule has 1 unspecified atom stereocenters. The Morgan fingerprint density at radius 3 is 1.24 bits per heavy atom. The second-order valence-electron chi connectivity index (χ2n) is 9.93. The Balaban J connectivity index is 3.51. The van der Waals surface area contributed by atoms with Crippen molar-refractivity contribution in [2.75, 3.05) is 0 Å². The Morgan fingerprint density at radius 2 is 0.793 bits per heavy atom. The smallest absolute Gasteiger partial charge is 0.0351 e. The number of rotatable bonds is 23. The van der Waals surface area contributed by atoms with E-state index in [-0.39, 0.29) is 0 Å². The molecule has 0 aliphatic heterocycles. The van der Waals surface area contributed by atoms with Gasteiger partial charge >= 0.3 is 0 Å². The van der Waals surface area contributed by atoms with Crippen LogP contribution in [0, 0.1) is 11.8 Å². The fourth-order valence-electron chi connectivity index (χ4n) is 4.48. The third-order valence-corrected chi connectivity index (χ3v) is 6.71. The summed E-state index contributed by atoms with van der Waals surface area (Å²) < 4.78 is 0. The lowest BCUT2D eigenvalue weighted by atomic mass is 9.85. The number of unbranched alkanes of at least 4 members (excludes halogenated alkanes) is 16. The van der Waals surface area contributed by atoms with Gasteiger partial charge in [-0.3, -0.25) is 0 Å². The predicted molar refractivity (Wildman–Crippen MR) is 136 cm³/mol. The Morgan fingerprint density at radius 1 is 0.448 bits per heavy atom. The van der Waals surface area contributed by atoms with Gasteiger partial charge in [-0.2, -0.15) is 0 Å². The van der Waals surface area contributed by atoms with Crippen LogP contribution in [0.2, 0.25) is 0 Å². The molecule has 1 atom stereocenters. The van der Waals surface area contributed by atoms with Gasteiger partial charge in [0.15, 0.2) is 0 Å². The Hall–Kier alpha value is -0.260. The summed E-state index contributed by atoms with van der Waals surface area (Å²) in [5.41, 5.74) is 0. The van der Waals surface area contributed by atoms with Crippen LogP contribution >= 0.6 is 0 Å². The van der Waals surface area contributed by atoms with Gasteiger partial charge < -0.3 is 0 Å². The molecule has 0 spiro atoms. The molecule has 0 fully saturated rings. The maximum absolute atomic E-state index is 2.45. The highest BCUT2D eigenvalue weighted by Crippen LogP contribution is 2.25. The van der Waals surface area contributed by atoms with E-state index in [0.29, 0.717) is 0 Å². The van der Waals surface area contributed by atoms with Crippen LogP contribution in [0.15, 0.2) is 12.2 Å². The number of hydrogen-bond donors (Lipinski definition) is 0. The fourth-order valence-corrected chi connectivity index (χ4v) is 4.48. The van der Waals surface area contributed by atoms with E-state index in [1.807, 2.05) is 0 Å². The summed E-state index contributed by atoms with van der Waals surface area (Å²) in [5.74, 6) is 1.83. The standard InChI is InChI=1S/C29H58/c1-5-7-9-11-13-15-17-19-21-23-25-27-29(28(3)4)26-24-22-20-18-16-14-12-10-8-6-2/h17,19,28-29H,5-16,18,20-27H2,1-4H3. The lowest BCUT2D eigenvalue weighted by molar-refractivity contribution is 0.314. The van der Waals surface area contributed by atoms with Gasteiger partial charge in [0.2, 0.25) is 0 Å². The van der Waals surface area contributed by atoms with E-state index >= 15 is 0 Å². The fraction of sp³-hybridized carbons (Fsp3) is 0.931. The highest BCUT2D eigenvalue weighted by molar-refractivity contribution is 4.81. The minimum atomic E-state index is 0.868. The maximum atomic E-state index is 2.45. The van der Waals surface area contributed by atoms with Crippen molar-refractivity contribution < 1.29 is 0 Å². The van der Waals surface area contributed by atoms with Gasteiger partial charge in [-0.05, 0) is 37.5 Å². The molecule has 0 aliphatic carbocycles. The third kappa shape index (κ3) is 22.3. The molecular weight excluding hydrogens is 348 g/mol. The van der Waals surface area contributed by atoms with Crippen molar-refractivity contribution in [2.24, 2.45) is 11.8 Å². The maximum Gasteiger partial charge on any atom is -0.0351 e. The molecule has 174 valence electrons. The molecule has 0 aromatic heterocycles. The average molecular weight is 407 g/mol.